The van der Waals surface area contributed by atoms with Gasteiger partial charge in [-0.25, -0.2) is 0 Å². The number of nitrogens with two attached hydrogens (primary N) is 1. The zero-order chi connectivity index (χ0) is 14.6. The van der Waals surface area contributed by atoms with Crippen LogP contribution in [0.5, 0.6) is 0 Å². The van der Waals surface area contributed by atoms with Gasteiger partial charge in [0.2, 0.25) is 0 Å². The third-order valence-electron chi connectivity index (χ3n) is 4.16. The second kappa shape index (κ2) is 6.65. The van der Waals surface area contributed by atoms with Crippen molar-refractivity contribution in [3.8, 4) is 0 Å². The predicted molar refractivity (Wildman–Crippen MR) is 70.4 cm³/mol. The van der Waals surface area contributed by atoms with Crippen LogP contribution in [-0.4, -0.2) is 49.9 Å². The van der Waals surface area contributed by atoms with E-state index in [9.17, 15) is 13.2 Å². The van der Waals surface area contributed by atoms with Crippen LogP contribution in [0.15, 0.2) is 4.99 Å². The molecule has 0 unspecified atom stereocenters. The van der Waals surface area contributed by atoms with Crippen molar-refractivity contribution in [3.05, 3.63) is 0 Å². The lowest BCUT2D eigenvalue weighted by molar-refractivity contribution is -0.183. The summed E-state index contributed by atoms with van der Waals surface area (Å²) in [6.45, 7) is 3.29. The maximum atomic E-state index is 12.6. The second-order valence-corrected chi connectivity index (χ2v) is 5.56. The average molecular weight is 293 g/mol. The van der Waals surface area contributed by atoms with Crippen LogP contribution in [0.25, 0.3) is 0 Å². The Kier molecular flexibility index (Phi) is 5.12. The molecule has 1 saturated heterocycles. The quantitative estimate of drug-likeness (QED) is 0.626. The van der Waals surface area contributed by atoms with Gasteiger partial charge >= 0.3 is 6.18 Å². The summed E-state index contributed by atoms with van der Waals surface area (Å²) in [4.78, 5) is 6.31. The molecule has 1 aliphatic carbocycles. The molecule has 0 aromatic heterocycles. The molecule has 0 atom stereocenters. The lowest BCUT2D eigenvalue weighted by atomic mass is 9.82. The summed E-state index contributed by atoms with van der Waals surface area (Å²) in [5.74, 6) is -0.404. The third kappa shape index (κ3) is 4.26. The Morgan fingerprint density at radius 3 is 2.30 bits per heavy atom. The summed E-state index contributed by atoms with van der Waals surface area (Å²) in [5.41, 5.74) is 5.90. The van der Waals surface area contributed by atoms with Crippen molar-refractivity contribution in [2.24, 2.45) is 22.6 Å². The summed E-state index contributed by atoms with van der Waals surface area (Å²) in [7, 11) is 0. The minimum Gasteiger partial charge on any atom is -0.378 e. The summed E-state index contributed by atoms with van der Waals surface area (Å²) >= 11 is 0. The Morgan fingerprint density at radius 2 is 1.75 bits per heavy atom. The number of ether oxygens (including phenoxy) is 1. The minimum atomic E-state index is -4.04. The molecule has 2 fully saturated rings. The molecule has 0 aromatic carbocycles. The Hall–Kier alpha value is -0.980. The number of nitrogens with zero attached hydrogens (tertiary/aromatic N) is 2. The normalized spacial score (nSPS) is 29.6. The second-order valence-electron chi connectivity index (χ2n) is 5.56. The molecule has 2 rings (SSSR count). The van der Waals surface area contributed by atoms with Gasteiger partial charge in [-0.2, -0.15) is 13.2 Å². The van der Waals surface area contributed by atoms with Crippen LogP contribution in [-0.2, 0) is 4.74 Å². The fourth-order valence-corrected chi connectivity index (χ4v) is 2.79. The Balaban J connectivity index is 1.75. The lowest BCUT2D eigenvalue weighted by Crippen LogP contribution is -2.45. The lowest BCUT2D eigenvalue weighted by Gasteiger charge is -2.30. The summed E-state index contributed by atoms with van der Waals surface area (Å²) in [6, 6.07) is 0. The first kappa shape index (κ1) is 15.4. The summed E-state index contributed by atoms with van der Waals surface area (Å²) < 4.78 is 42.9. The molecule has 1 saturated carbocycles. The fourth-order valence-electron chi connectivity index (χ4n) is 2.79. The van der Waals surface area contributed by atoms with E-state index in [0.29, 0.717) is 38.6 Å². The number of halogens is 3. The van der Waals surface area contributed by atoms with Crippen LogP contribution in [0, 0.1) is 11.8 Å². The molecule has 116 valence electrons. The third-order valence-corrected chi connectivity index (χ3v) is 4.16. The molecule has 0 bridgehead atoms. The maximum absolute atomic E-state index is 12.6. The van der Waals surface area contributed by atoms with Crippen molar-refractivity contribution >= 4 is 5.96 Å². The molecule has 7 heteroatoms. The Bertz CT molecular complexity index is 332. The van der Waals surface area contributed by atoms with Crippen LogP contribution in [0.3, 0.4) is 0 Å². The molecule has 4 nitrogen and oxygen atoms in total. The van der Waals surface area contributed by atoms with E-state index < -0.39 is 12.1 Å². The van der Waals surface area contributed by atoms with E-state index in [0.717, 1.165) is 13.1 Å². The fraction of sp³-hybridized carbons (Fsp3) is 0.923. The summed E-state index contributed by atoms with van der Waals surface area (Å²) in [5, 5.41) is 0. The van der Waals surface area contributed by atoms with Crippen molar-refractivity contribution in [1.82, 2.24) is 4.90 Å². The van der Waals surface area contributed by atoms with Gasteiger partial charge in [-0.3, -0.25) is 4.99 Å². The standard InChI is InChI=1S/C13H22F3N3O/c14-13(15,16)11-3-1-10(2-4-11)9-18-12(17)19-5-7-20-8-6-19/h10-11H,1-9H2,(H2,17,18). The van der Waals surface area contributed by atoms with E-state index in [1.807, 2.05) is 4.90 Å². The maximum Gasteiger partial charge on any atom is 0.391 e. The number of morpholine rings is 1. The highest BCUT2D eigenvalue weighted by Gasteiger charge is 2.41. The highest BCUT2D eigenvalue weighted by atomic mass is 19.4. The molecule has 0 aromatic rings. The molecular weight excluding hydrogens is 271 g/mol. The SMILES string of the molecule is NC(=NCC1CCC(C(F)(F)F)CC1)N1CCOCC1. The topological polar surface area (TPSA) is 50.8 Å². The molecule has 2 N–H and O–H groups in total. The zero-order valence-electron chi connectivity index (χ0n) is 11.5. The van der Waals surface area contributed by atoms with E-state index in [-0.39, 0.29) is 18.8 Å². The molecule has 0 spiro atoms. The first-order chi connectivity index (χ1) is 9.47. The highest BCUT2D eigenvalue weighted by molar-refractivity contribution is 5.78. The van der Waals surface area contributed by atoms with Gasteiger partial charge in [0.25, 0.3) is 0 Å². The van der Waals surface area contributed by atoms with Gasteiger partial charge in [0.15, 0.2) is 5.96 Å². The molecule has 20 heavy (non-hydrogen) atoms. The van der Waals surface area contributed by atoms with Gasteiger partial charge in [0.1, 0.15) is 0 Å². The first-order valence-corrected chi connectivity index (χ1v) is 7.16. The summed E-state index contributed by atoms with van der Waals surface area (Å²) in [6.07, 6.45) is -2.42. The molecular formula is C13H22F3N3O. The number of aliphatic imine (C=N–C) groups is 1. The highest BCUT2D eigenvalue weighted by Crippen LogP contribution is 2.39. The first-order valence-electron chi connectivity index (χ1n) is 7.16. The van der Waals surface area contributed by atoms with E-state index in [4.69, 9.17) is 10.5 Å². The number of guanidine groups is 1. The number of alkyl halides is 3. The minimum absolute atomic E-state index is 0.223. The van der Waals surface area contributed by atoms with Gasteiger partial charge < -0.3 is 15.4 Å². The van der Waals surface area contributed by atoms with Crippen LogP contribution in [0.4, 0.5) is 13.2 Å². The van der Waals surface area contributed by atoms with Gasteiger partial charge in [0, 0.05) is 19.6 Å². The Labute approximate surface area is 117 Å². The van der Waals surface area contributed by atoms with Crippen LogP contribution < -0.4 is 5.73 Å². The van der Waals surface area contributed by atoms with Crippen molar-refractivity contribution in [1.29, 1.82) is 0 Å². The molecule has 2 aliphatic rings. The molecule has 0 radical (unpaired) electrons. The van der Waals surface area contributed by atoms with E-state index in [1.54, 1.807) is 0 Å². The van der Waals surface area contributed by atoms with Crippen molar-refractivity contribution in [3.63, 3.8) is 0 Å². The smallest absolute Gasteiger partial charge is 0.378 e. The van der Waals surface area contributed by atoms with E-state index in [2.05, 4.69) is 4.99 Å². The van der Waals surface area contributed by atoms with Crippen LogP contribution >= 0.6 is 0 Å². The largest absolute Gasteiger partial charge is 0.391 e. The van der Waals surface area contributed by atoms with Gasteiger partial charge in [-0.05, 0) is 31.6 Å². The zero-order valence-corrected chi connectivity index (χ0v) is 11.5. The monoisotopic (exact) mass is 293 g/mol. The van der Waals surface area contributed by atoms with Crippen LogP contribution in [0.2, 0.25) is 0 Å². The van der Waals surface area contributed by atoms with Gasteiger partial charge in [-0.15, -0.1) is 0 Å². The van der Waals surface area contributed by atoms with Crippen molar-refractivity contribution < 1.29 is 17.9 Å². The number of rotatable bonds is 2. The van der Waals surface area contributed by atoms with Crippen LogP contribution in [0.1, 0.15) is 25.7 Å². The Morgan fingerprint density at radius 1 is 1.15 bits per heavy atom. The van der Waals surface area contributed by atoms with E-state index in [1.165, 1.54) is 0 Å². The predicted octanol–water partition coefficient (Wildman–Crippen LogP) is 2.00. The van der Waals surface area contributed by atoms with Crippen molar-refractivity contribution in [2.45, 2.75) is 31.9 Å². The number of hydrogen-bond acceptors (Lipinski definition) is 2. The molecule has 0 amide bonds. The van der Waals surface area contributed by atoms with Gasteiger partial charge in [-0.1, -0.05) is 0 Å². The van der Waals surface area contributed by atoms with Crippen molar-refractivity contribution in [2.75, 3.05) is 32.8 Å². The molecule has 1 aliphatic heterocycles. The average Bonchev–Trinajstić information content (AvgIpc) is 2.45. The number of hydrogen-bond donors (Lipinski definition) is 1. The molecule has 1 heterocycles. The van der Waals surface area contributed by atoms with Gasteiger partial charge in [0.05, 0.1) is 19.1 Å². The van der Waals surface area contributed by atoms with E-state index >= 15 is 0 Å².